The summed E-state index contributed by atoms with van der Waals surface area (Å²) in [5.74, 6) is -9.42. The van der Waals surface area contributed by atoms with Crippen molar-refractivity contribution >= 4 is 64.9 Å². The number of nitrogens with one attached hydrogen (secondary N) is 4. The van der Waals surface area contributed by atoms with E-state index < -0.39 is 90.4 Å². The summed E-state index contributed by atoms with van der Waals surface area (Å²) in [4.78, 5) is 131. The van der Waals surface area contributed by atoms with Gasteiger partial charge in [0.25, 0.3) is 0 Å². The molecule has 0 spiro atoms. The molecular weight excluding hydrogens is 1030 g/mol. The Kier molecular flexibility index (Phi) is 45.1. The third-order valence-electron chi connectivity index (χ3n) is 13.0. The van der Waals surface area contributed by atoms with Gasteiger partial charge in [0.2, 0.25) is 23.6 Å². The van der Waals surface area contributed by atoms with E-state index in [-0.39, 0.29) is 123 Å². The lowest BCUT2D eigenvalue weighted by molar-refractivity contribution is -0.145. The average molecular weight is 1130 g/mol. The van der Waals surface area contributed by atoms with Crippen LogP contribution in [0.15, 0.2) is 0 Å². The Balaban J connectivity index is 0. The lowest BCUT2D eigenvalue weighted by Crippen LogP contribution is -2.45. The summed E-state index contributed by atoms with van der Waals surface area (Å²) in [6.07, 6.45) is 15.0. The minimum atomic E-state index is -1.38. The second-order valence-corrected chi connectivity index (χ2v) is 20.1. The van der Waals surface area contributed by atoms with Crippen LogP contribution in [-0.2, 0) is 71.7 Å². The number of nitrogens with two attached hydrogens (primary N) is 1. The Labute approximate surface area is 467 Å². The van der Waals surface area contributed by atoms with Crippen LogP contribution >= 0.6 is 0 Å². The fourth-order valence-corrected chi connectivity index (χ4v) is 8.09. The van der Waals surface area contributed by atoms with Gasteiger partial charge in [-0.05, 0) is 51.9 Å². The minimum absolute atomic E-state index is 0. The van der Waals surface area contributed by atoms with Gasteiger partial charge in [0, 0.05) is 65.4 Å². The second-order valence-electron chi connectivity index (χ2n) is 20.1. The van der Waals surface area contributed by atoms with Crippen LogP contribution in [0, 0.1) is 17.8 Å². The summed E-state index contributed by atoms with van der Waals surface area (Å²) in [5.41, 5.74) is 5.92. The molecule has 0 aromatic rings. The number of carboxylic acid groups (broad SMARTS) is 4. The Bertz CT molecular complexity index is 1810. The van der Waals surface area contributed by atoms with E-state index in [2.05, 4.69) is 21.3 Å². The lowest BCUT2D eigenvalue weighted by Gasteiger charge is -2.16. The molecule has 0 aliphatic rings. The molecule has 5 atom stereocenters. The van der Waals surface area contributed by atoms with Crippen molar-refractivity contribution in [2.75, 3.05) is 65.9 Å². The standard InChI is InChI=1S/C55H95N5O19.H2/c1-40(41(2)61)19-17-18-28-57-48(64)27-24-46(55(74)75)59-49(65)25-22-43(54(72)73)36-45(63)37-77-32-31-76-30-29-58-51(67)39-79-34-33-78-38-47(56)60-50(66)26-23-42(53(70)71)35-44(62)20-15-13-11-9-7-5-3-4-6-8-10-12-14-16-21-52(68)69;/h40,42-43,46-47H,3-39,56H2,1-2H3,(H,57,64)(H,58,67)(H,59,65)(H,60,66)(H,68,69)(H,70,71)(H,72,73)(H,74,75);1H/t40-,42+,43+,46-,47?;/m0./s1. The molecule has 24 heteroatoms. The molecule has 79 heavy (non-hydrogen) atoms. The van der Waals surface area contributed by atoms with Gasteiger partial charge in [0.05, 0.1) is 51.5 Å². The molecule has 0 heterocycles. The van der Waals surface area contributed by atoms with E-state index in [1.165, 1.54) is 39.0 Å². The zero-order valence-corrected chi connectivity index (χ0v) is 47.0. The number of hydrogen-bond acceptors (Lipinski definition) is 16. The highest BCUT2D eigenvalue weighted by Crippen LogP contribution is 2.18. The van der Waals surface area contributed by atoms with Gasteiger partial charge < -0.3 is 66.4 Å². The van der Waals surface area contributed by atoms with Gasteiger partial charge in [-0.15, -0.1) is 0 Å². The van der Waals surface area contributed by atoms with Crippen molar-refractivity contribution in [3.63, 3.8) is 0 Å². The third-order valence-corrected chi connectivity index (χ3v) is 13.0. The monoisotopic (exact) mass is 1130 g/mol. The quantitative estimate of drug-likeness (QED) is 0.0289. The van der Waals surface area contributed by atoms with E-state index in [1.54, 1.807) is 0 Å². The van der Waals surface area contributed by atoms with Gasteiger partial charge in [-0.3, -0.25) is 47.9 Å². The number of unbranched alkanes of at least 4 members (excludes halogenated alkanes) is 14. The van der Waals surface area contributed by atoms with Gasteiger partial charge >= 0.3 is 23.9 Å². The molecule has 4 amide bonds. The first-order valence-corrected chi connectivity index (χ1v) is 28.3. The number of carbonyl (C=O) groups excluding carboxylic acids is 7. The van der Waals surface area contributed by atoms with Crippen molar-refractivity contribution in [3.05, 3.63) is 0 Å². The van der Waals surface area contributed by atoms with Gasteiger partial charge in [-0.2, -0.15) is 0 Å². The van der Waals surface area contributed by atoms with E-state index in [1.807, 2.05) is 6.92 Å². The molecule has 0 aromatic carbocycles. The number of carboxylic acids is 4. The molecule has 0 radical (unpaired) electrons. The minimum Gasteiger partial charge on any atom is -0.481 e. The Hall–Kier alpha value is -5.43. The lowest BCUT2D eigenvalue weighted by atomic mass is 9.94. The zero-order valence-electron chi connectivity index (χ0n) is 47.0. The van der Waals surface area contributed by atoms with Gasteiger partial charge in [-0.25, -0.2) is 4.79 Å². The predicted molar refractivity (Wildman–Crippen MR) is 291 cm³/mol. The van der Waals surface area contributed by atoms with Crippen LogP contribution in [0.1, 0.15) is 189 Å². The number of Topliss-reactive ketones (excluding diaryl/α,β-unsaturated/α-hetero) is 3. The molecule has 0 rings (SSSR count). The van der Waals surface area contributed by atoms with E-state index >= 15 is 0 Å². The Morgan fingerprint density at radius 2 is 0.911 bits per heavy atom. The molecule has 0 aromatic heterocycles. The fourth-order valence-electron chi connectivity index (χ4n) is 8.09. The van der Waals surface area contributed by atoms with Crippen molar-refractivity contribution < 1.29 is 93.5 Å². The van der Waals surface area contributed by atoms with Crippen LogP contribution in [0.4, 0.5) is 0 Å². The number of rotatable bonds is 56. The summed E-state index contributed by atoms with van der Waals surface area (Å²) < 4.78 is 21.3. The number of hydrogen-bond donors (Lipinski definition) is 9. The Morgan fingerprint density at radius 3 is 1.44 bits per heavy atom. The normalized spacial score (nSPS) is 13.1. The van der Waals surface area contributed by atoms with E-state index in [0.29, 0.717) is 32.2 Å². The zero-order chi connectivity index (χ0) is 59.1. The van der Waals surface area contributed by atoms with Gasteiger partial charge in [-0.1, -0.05) is 90.4 Å². The first-order chi connectivity index (χ1) is 37.7. The third kappa shape index (κ3) is 46.1. The van der Waals surface area contributed by atoms with Crippen LogP contribution in [0.3, 0.4) is 0 Å². The van der Waals surface area contributed by atoms with Crippen LogP contribution in [0.5, 0.6) is 0 Å². The Morgan fingerprint density at radius 1 is 0.443 bits per heavy atom. The van der Waals surface area contributed by atoms with Crippen molar-refractivity contribution in [1.82, 2.24) is 21.3 Å². The molecule has 10 N–H and O–H groups in total. The highest BCUT2D eigenvalue weighted by molar-refractivity contribution is 5.87. The van der Waals surface area contributed by atoms with E-state index in [0.717, 1.165) is 57.8 Å². The first kappa shape index (κ1) is 73.6. The molecular formula is C55H97N5O19. The highest BCUT2D eigenvalue weighted by Gasteiger charge is 2.26. The maximum absolute atomic E-state index is 12.5. The number of carbonyl (C=O) groups is 11. The van der Waals surface area contributed by atoms with Crippen molar-refractivity contribution in [2.45, 2.75) is 199 Å². The molecule has 0 saturated heterocycles. The summed E-state index contributed by atoms with van der Waals surface area (Å²) in [6, 6.07) is -1.38. The smallest absolute Gasteiger partial charge is 0.326 e. The molecule has 24 nitrogen and oxygen atoms in total. The summed E-state index contributed by atoms with van der Waals surface area (Å²) in [6.45, 7) is 3.38. The molecule has 0 aliphatic carbocycles. The summed E-state index contributed by atoms with van der Waals surface area (Å²) in [7, 11) is 0. The number of aliphatic carboxylic acids is 4. The highest BCUT2D eigenvalue weighted by atomic mass is 16.5. The number of ether oxygens (including phenoxy) is 4. The van der Waals surface area contributed by atoms with Crippen LogP contribution in [-0.4, -0.2) is 163 Å². The molecule has 0 saturated carbocycles. The van der Waals surface area contributed by atoms with Crippen molar-refractivity contribution in [3.8, 4) is 0 Å². The SMILES string of the molecule is CC(=O)[C@@H](C)CCCCNC(=O)CC[C@H](NC(=O)CC[C@H](CC(=O)COCCOCCNC(=O)COCCOCC(N)NC(=O)CC[C@H](CC(=O)CCCCCCCCCCCCCCCCC(=O)O)C(=O)O)C(=O)O)C(=O)O.[HH]. The molecule has 0 fully saturated rings. The predicted octanol–water partition coefficient (Wildman–Crippen LogP) is 4.88. The van der Waals surface area contributed by atoms with Crippen LogP contribution < -0.4 is 27.0 Å². The first-order valence-electron chi connectivity index (χ1n) is 28.3. The topological polar surface area (TPSA) is 380 Å². The van der Waals surface area contributed by atoms with Crippen LogP contribution in [0.2, 0.25) is 0 Å². The average Bonchev–Trinajstić information content (AvgIpc) is 3.38. The van der Waals surface area contributed by atoms with E-state index in [9.17, 15) is 68.1 Å². The number of amides is 4. The van der Waals surface area contributed by atoms with Gasteiger partial charge in [0.1, 0.15) is 37.0 Å². The van der Waals surface area contributed by atoms with Crippen LogP contribution in [0.25, 0.3) is 0 Å². The molecule has 1 unspecified atom stereocenters. The number of ketones is 3. The largest absolute Gasteiger partial charge is 0.481 e. The maximum Gasteiger partial charge on any atom is 0.326 e. The van der Waals surface area contributed by atoms with Crippen molar-refractivity contribution in [1.29, 1.82) is 0 Å². The second kappa shape index (κ2) is 48.5. The van der Waals surface area contributed by atoms with Crippen molar-refractivity contribution in [2.24, 2.45) is 23.5 Å². The molecule has 0 bridgehead atoms. The van der Waals surface area contributed by atoms with Gasteiger partial charge in [0.15, 0.2) is 5.78 Å². The fraction of sp³-hybridized carbons (Fsp3) is 0.800. The van der Waals surface area contributed by atoms with E-state index in [4.69, 9.17) is 29.8 Å². The molecule has 456 valence electrons. The maximum atomic E-state index is 12.5. The summed E-state index contributed by atoms with van der Waals surface area (Å²) >= 11 is 0. The summed E-state index contributed by atoms with van der Waals surface area (Å²) in [5, 5.41) is 47.5. The molecule has 0 aliphatic heterocycles.